The average molecular weight is 523 g/mol. The predicted octanol–water partition coefficient (Wildman–Crippen LogP) is 8.57. The van der Waals surface area contributed by atoms with Crippen molar-refractivity contribution >= 4 is 11.3 Å². The first-order valence-electron chi connectivity index (χ1n) is 12.5. The molecule has 0 amide bonds. The Hall–Kier alpha value is -4.22. The first-order chi connectivity index (χ1) is 18.6. The molecule has 1 heterocycles. The Morgan fingerprint density at radius 3 is 1.58 bits per heavy atom. The number of thiophene rings is 1. The first kappa shape index (κ1) is 25.4. The lowest BCUT2D eigenvalue weighted by Crippen LogP contribution is -1.97. The molecule has 4 nitrogen and oxygen atoms in total. The van der Waals surface area contributed by atoms with Crippen LogP contribution in [0.5, 0.6) is 23.0 Å². The summed E-state index contributed by atoms with van der Waals surface area (Å²) in [5.74, 6) is 2.89. The summed E-state index contributed by atoms with van der Waals surface area (Å²) >= 11 is 1.74. The van der Waals surface area contributed by atoms with Crippen LogP contribution in [0.15, 0.2) is 103 Å². The summed E-state index contributed by atoms with van der Waals surface area (Å²) in [5.41, 5.74) is 5.61. The summed E-state index contributed by atoms with van der Waals surface area (Å²) in [6, 6.07) is 34.7. The van der Waals surface area contributed by atoms with Crippen LogP contribution in [-0.4, -0.2) is 14.2 Å². The topological polar surface area (TPSA) is 36.9 Å². The molecule has 0 saturated carbocycles. The van der Waals surface area contributed by atoms with Crippen molar-refractivity contribution in [2.24, 2.45) is 0 Å². The predicted molar refractivity (Wildman–Crippen MR) is 155 cm³/mol. The molecular formula is C33H30O4S. The fourth-order valence-corrected chi connectivity index (χ4v) is 5.41. The highest BCUT2D eigenvalue weighted by Crippen LogP contribution is 2.42. The molecule has 0 aliphatic carbocycles. The minimum absolute atomic E-state index is 0.492. The van der Waals surface area contributed by atoms with E-state index < -0.39 is 0 Å². The van der Waals surface area contributed by atoms with Gasteiger partial charge in [-0.1, -0.05) is 60.7 Å². The highest BCUT2D eigenvalue weighted by Gasteiger charge is 2.15. The van der Waals surface area contributed by atoms with Crippen LogP contribution >= 0.6 is 11.3 Å². The third-order valence-electron chi connectivity index (χ3n) is 6.27. The lowest BCUT2D eigenvalue weighted by atomic mass is 10.1. The molecule has 192 valence electrons. The first-order valence-corrected chi connectivity index (χ1v) is 13.3. The normalized spacial score (nSPS) is 10.7. The number of aryl methyl sites for hydroxylation is 1. The van der Waals surface area contributed by atoms with E-state index in [1.165, 1.54) is 10.4 Å². The van der Waals surface area contributed by atoms with Crippen LogP contribution in [0.3, 0.4) is 0 Å². The van der Waals surface area contributed by atoms with E-state index in [9.17, 15) is 0 Å². The Morgan fingerprint density at radius 2 is 1.05 bits per heavy atom. The number of benzene rings is 4. The molecule has 0 N–H and O–H groups in total. The van der Waals surface area contributed by atoms with Gasteiger partial charge in [-0.25, -0.2) is 0 Å². The van der Waals surface area contributed by atoms with E-state index in [0.29, 0.717) is 19.0 Å². The molecule has 0 saturated heterocycles. The monoisotopic (exact) mass is 522 g/mol. The van der Waals surface area contributed by atoms with Crippen LogP contribution in [0, 0.1) is 6.92 Å². The smallest absolute Gasteiger partial charge is 0.161 e. The Morgan fingerprint density at radius 1 is 0.553 bits per heavy atom. The number of hydrogen-bond acceptors (Lipinski definition) is 5. The summed E-state index contributed by atoms with van der Waals surface area (Å²) in [6.07, 6.45) is 0. The molecule has 0 unspecified atom stereocenters. The fraction of sp³-hybridized carbons (Fsp3) is 0.152. The standard InChI is InChI=1S/C33H30O4S/c1-23-18-32(26-14-16-28(30(19-26)34-2)36-21-24-10-6-4-7-11-24)38-33(23)27-15-17-29(31(20-27)35-3)37-22-25-12-8-5-9-13-25/h4-20H,21-22H2,1-3H3. The number of ether oxygens (including phenoxy) is 4. The Balaban J connectivity index is 1.35. The van der Waals surface area contributed by atoms with E-state index in [0.717, 1.165) is 44.4 Å². The second-order valence-corrected chi connectivity index (χ2v) is 9.95. The van der Waals surface area contributed by atoms with E-state index in [-0.39, 0.29) is 0 Å². The van der Waals surface area contributed by atoms with E-state index in [2.05, 4.69) is 25.1 Å². The maximum Gasteiger partial charge on any atom is 0.161 e. The summed E-state index contributed by atoms with van der Waals surface area (Å²) in [6.45, 7) is 3.12. The van der Waals surface area contributed by atoms with Crippen LogP contribution < -0.4 is 18.9 Å². The molecule has 5 aromatic rings. The second kappa shape index (κ2) is 11.9. The van der Waals surface area contributed by atoms with E-state index >= 15 is 0 Å². The molecule has 0 atom stereocenters. The maximum absolute atomic E-state index is 6.05. The van der Waals surface area contributed by atoms with Crippen LogP contribution in [0.2, 0.25) is 0 Å². The van der Waals surface area contributed by atoms with Crippen molar-refractivity contribution in [2.45, 2.75) is 20.1 Å². The number of hydrogen-bond donors (Lipinski definition) is 0. The molecule has 1 aromatic heterocycles. The van der Waals surface area contributed by atoms with Gasteiger partial charge < -0.3 is 18.9 Å². The van der Waals surface area contributed by atoms with Gasteiger partial charge in [0.15, 0.2) is 23.0 Å². The average Bonchev–Trinajstić information content (AvgIpc) is 3.37. The van der Waals surface area contributed by atoms with Crippen molar-refractivity contribution in [3.63, 3.8) is 0 Å². The van der Waals surface area contributed by atoms with Crippen molar-refractivity contribution in [2.75, 3.05) is 14.2 Å². The SMILES string of the molecule is COc1cc(-c2cc(C)c(-c3ccc(OCc4ccccc4)c(OC)c3)s2)ccc1OCc1ccccc1. The van der Waals surface area contributed by atoms with Gasteiger partial charge in [0.1, 0.15) is 13.2 Å². The molecule has 0 spiro atoms. The van der Waals surface area contributed by atoms with Gasteiger partial charge >= 0.3 is 0 Å². The molecule has 5 heteroatoms. The van der Waals surface area contributed by atoms with Gasteiger partial charge in [0.05, 0.1) is 14.2 Å². The van der Waals surface area contributed by atoms with Crippen molar-refractivity contribution in [3.05, 3.63) is 120 Å². The Kier molecular flexibility index (Phi) is 7.95. The summed E-state index contributed by atoms with van der Waals surface area (Å²) in [7, 11) is 3.35. The Labute approximate surface area is 228 Å². The van der Waals surface area contributed by atoms with Gasteiger partial charge in [-0.05, 0) is 77.2 Å². The van der Waals surface area contributed by atoms with Gasteiger partial charge in [0.25, 0.3) is 0 Å². The molecule has 0 fully saturated rings. The highest BCUT2D eigenvalue weighted by molar-refractivity contribution is 7.19. The lowest BCUT2D eigenvalue weighted by Gasteiger charge is -2.12. The minimum atomic E-state index is 0.492. The fourth-order valence-electron chi connectivity index (χ4n) is 4.25. The van der Waals surface area contributed by atoms with Crippen LogP contribution in [0.1, 0.15) is 16.7 Å². The van der Waals surface area contributed by atoms with E-state index in [1.807, 2.05) is 84.9 Å². The Bertz CT molecular complexity index is 1490. The van der Waals surface area contributed by atoms with Crippen LogP contribution in [0.4, 0.5) is 0 Å². The summed E-state index contributed by atoms with van der Waals surface area (Å²) in [5, 5.41) is 0. The third kappa shape index (κ3) is 5.84. The zero-order valence-corrected chi connectivity index (χ0v) is 22.6. The van der Waals surface area contributed by atoms with Crippen molar-refractivity contribution in [3.8, 4) is 43.9 Å². The minimum Gasteiger partial charge on any atom is -0.493 e. The quantitative estimate of drug-likeness (QED) is 0.184. The molecule has 5 rings (SSSR count). The largest absolute Gasteiger partial charge is 0.493 e. The van der Waals surface area contributed by atoms with Gasteiger partial charge in [0, 0.05) is 9.75 Å². The van der Waals surface area contributed by atoms with Gasteiger partial charge in [-0.15, -0.1) is 11.3 Å². The molecule has 38 heavy (non-hydrogen) atoms. The van der Waals surface area contributed by atoms with Crippen LogP contribution in [-0.2, 0) is 13.2 Å². The molecule has 0 aliphatic heterocycles. The van der Waals surface area contributed by atoms with Crippen molar-refractivity contribution in [1.29, 1.82) is 0 Å². The zero-order chi connectivity index (χ0) is 26.3. The summed E-state index contributed by atoms with van der Waals surface area (Å²) < 4.78 is 23.4. The van der Waals surface area contributed by atoms with Gasteiger partial charge in [0.2, 0.25) is 0 Å². The van der Waals surface area contributed by atoms with Crippen molar-refractivity contribution in [1.82, 2.24) is 0 Å². The van der Waals surface area contributed by atoms with E-state index in [4.69, 9.17) is 18.9 Å². The highest BCUT2D eigenvalue weighted by atomic mass is 32.1. The molecular weight excluding hydrogens is 492 g/mol. The molecule has 0 bridgehead atoms. The molecule has 0 aliphatic rings. The molecule has 0 radical (unpaired) electrons. The van der Waals surface area contributed by atoms with E-state index in [1.54, 1.807) is 25.6 Å². The molecule has 4 aromatic carbocycles. The van der Waals surface area contributed by atoms with Gasteiger partial charge in [-0.2, -0.15) is 0 Å². The second-order valence-electron chi connectivity index (χ2n) is 8.90. The van der Waals surface area contributed by atoms with Crippen molar-refractivity contribution < 1.29 is 18.9 Å². The summed E-state index contributed by atoms with van der Waals surface area (Å²) in [4.78, 5) is 2.35. The third-order valence-corrected chi connectivity index (χ3v) is 7.60. The number of methoxy groups -OCH3 is 2. The lowest BCUT2D eigenvalue weighted by molar-refractivity contribution is 0.284. The zero-order valence-electron chi connectivity index (χ0n) is 21.8. The number of rotatable bonds is 10. The maximum atomic E-state index is 6.05. The van der Waals surface area contributed by atoms with Crippen LogP contribution in [0.25, 0.3) is 20.9 Å². The van der Waals surface area contributed by atoms with Gasteiger partial charge in [-0.3, -0.25) is 0 Å².